The Bertz CT molecular complexity index is 729. The maximum absolute atomic E-state index is 11.6. The third-order valence-corrected chi connectivity index (χ3v) is 5.36. The summed E-state index contributed by atoms with van der Waals surface area (Å²) in [7, 11) is -3.06. The van der Waals surface area contributed by atoms with Crippen LogP contribution < -0.4 is 5.32 Å². The summed E-state index contributed by atoms with van der Waals surface area (Å²) in [5, 5.41) is 3.03. The summed E-state index contributed by atoms with van der Waals surface area (Å²) >= 11 is 5.94. The molecule has 1 heterocycles. The monoisotopic (exact) mass is 357 g/mol. The molecule has 1 aromatic rings. The van der Waals surface area contributed by atoms with Gasteiger partial charge < -0.3 is 10.1 Å². The van der Waals surface area contributed by atoms with Crippen molar-refractivity contribution in [1.82, 2.24) is 5.32 Å². The third-order valence-electron chi connectivity index (χ3n) is 3.25. The molecule has 0 spiro atoms. The molecule has 8 heteroatoms. The molecular weight excluding hydrogens is 342 g/mol. The molecular formula is C15H16ClNO5S. The zero-order valence-corrected chi connectivity index (χ0v) is 13.8. The van der Waals surface area contributed by atoms with Gasteiger partial charge in [-0.2, -0.15) is 0 Å². The number of hydrogen-bond acceptors (Lipinski definition) is 5. The van der Waals surface area contributed by atoms with Crippen molar-refractivity contribution in [2.75, 3.05) is 18.1 Å². The highest BCUT2D eigenvalue weighted by molar-refractivity contribution is 7.91. The average molecular weight is 358 g/mol. The number of sulfone groups is 1. The molecule has 1 N–H and O–H groups in total. The Kier molecular flexibility index (Phi) is 5.79. The van der Waals surface area contributed by atoms with Crippen LogP contribution in [-0.4, -0.2) is 44.4 Å². The molecule has 1 aliphatic rings. The number of hydrogen-bond donors (Lipinski definition) is 1. The normalized spacial score (nSPS) is 19.6. The fraction of sp³-hybridized carbons (Fsp3) is 0.333. The van der Waals surface area contributed by atoms with Crippen molar-refractivity contribution in [3.05, 3.63) is 40.9 Å². The number of esters is 1. The fourth-order valence-corrected chi connectivity index (χ4v) is 4.00. The van der Waals surface area contributed by atoms with Gasteiger partial charge in [-0.25, -0.2) is 13.2 Å². The molecule has 1 unspecified atom stereocenters. The van der Waals surface area contributed by atoms with Crippen molar-refractivity contribution in [3.8, 4) is 0 Å². The van der Waals surface area contributed by atoms with E-state index in [0.717, 1.165) is 0 Å². The van der Waals surface area contributed by atoms with Crippen molar-refractivity contribution in [1.29, 1.82) is 0 Å². The van der Waals surface area contributed by atoms with E-state index < -0.39 is 34.4 Å². The van der Waals surface area contributed by atoms with Crippen LogP contribution in [0.15, 0.2) is 30.3 Å². The summed E-state index contributed by atoms with van der Waals surface area (Å²) in [6.07, 6.45) is 3.05. The van der Waals surface area contributed by atoms with Crippen molar-refractivity contribution in [3.63, 3.8) is 0 Å². The van der Waals surface area contributed by atoms with E-state index in [1.165, 1.54) is 12.2 Å². The van der Waals surface area contributed by atoms with Crippen LogP contribution in [0.1, 0.15) is 12.0 Å². The van der Waals surface area contributed by atoms with Crippen LogP contribution in [0.2, 0.25) is 5.02 Å². The van der Waals surface area contributed by atoms with Gasteiger partial charge in [0.2, 0.25) is 0 Å². The minimum atomic E-state index is -3.06. The first-order valence-corrected chi connectivity index (χ1v) is 9.15. The quantitative estimate of drug-likeness (QED) is 0.631. The van der Waals surface area contributed by atoms with Gasteiger partial charge in [-0.3, -0.25) is 4.79 Å². The molecule has 23 heavy (non-hydrogen) atoms. The number of amides is 1. The van der Waals surface area contributed by atoms with Crippen molar-refractivity contribution in [2.24, 2.45) is 0 Å². The molecule has 0 saturated carbocycles. The zero-order valence-electron chi connectivity index (χ0n) is 12.2. The number of halogens is 1. The fourth-order valence-electron chi connectivity index (χ4n) is 2.13. The first-order chi connectivity index (χ1) is 10.9. The van der Waals surface area contributed by atoms with Crippen LogP contribution in [0.3, 0.4) is 0 Å². The van der Waals surface area contributed by atoms with E-state index in [-0.39, 0.29) is 11.5 Å². The van der Waals surface area contributed by atoms with Crippen LogP contribution in [0.4, 0.5) is 0 Å². The van der Waals surface area contributed by atoms with Gasteiger partial charge in [0.15, 0.2) is 16.4 Å². The number of carbonyl (C=O) groups is 2. The van der Waals surface area contributed by atoms with Gasteiger partial charge in [-0.15, -0.1) is 0 Å². The molecule has 6 nitrogen and oxygen atoms in total. The minimum absolute atomic E-state index is 0.0678. The van der Waals surface area contributed by atoms with E-state index in [1.807, 2.05) is 0 Å². The molecule has 124 valence electrons. The zero-order chi connectivity index (χ0) is 16.9. The smallest absolute Gasteiger partial charge is 0.331 e. The molecule has 0 radical (unpaired) electrons. The predicted molar refractivity (Wildman–Crippen MR) is 86.6 cm³/mol. The molecule has 0 aromatic heterocycles. The number of nitrogens with one attached hydrogen (secondary N) is 1. The number of carbonyl (C=O) groups excluding carboxylic acids is 2. The molecule has 0 bridgehead atoms. The number of rotatable bonds is 5. The van der Waals surface area contributed by atoms with Crippen LogP contribution >= 0.6 is 11.6 Å². The molecule has 1 saturated heterocycles. The van der Waals surface area contributed by atoms with Crippen molar-refractivity contribution < 1.29 is 22.7 Å². The highest BCUT2D eigenvalue weighted by Gasteiger charge is 2.28. The standard InChI is InChI=1S/C15H16ClNO5S/c16-13-4-2-1-3-11(13)5-6-15(19)22-9-14(18)17-12-7-8-23(20,21)10-12/h1-6,12H,7-10H2,(H,17,18)/b6-5+. The average Bonchev–Trinajstić information content (AvgIpc) is 2.83. The molecule has 1 fully saturated rings. The lowest BCUT2D eigenvalue weighted by Crippen LogP contribution is -2.38. The molecule has 2 rings (SSSR count). The second-order valence-corrected chi connectivity index (χ2v) is 7.77. The van der Waals surface area contributed by atoms with Crippen LogP contribution in [0, 0.1) is 0 Å². The topological polar surface area (TPSA) is 89.5 Å². The molecule has 0 aliphatic carbocycles. The van der Waals surface area contributed by atoms with Gasteiger partial charge >= 0.3 is 5.97 Å². The summed E-state index contributed by atoms with van der Waals surface area (Å²) in [6, 6.07) is 6.56. The Morgan fingerprint density at radius 3 is 2.74 bits per heavy atom. The van der Waals surface area contributed by atoms with E-state index in [9.17, 15) is 18.0 Å². The van der Waals surface area contributed by atoms with Crippen molar-refractivity contribution >= 4 is 39.4 Å². The van der Waals surface area contributed by atoms with E-state index in [0.29, 0.717) is 17.0 Å². The number of ether oxygens (including phenoxy) is 1. The van der Waals surface area contributed by atoms with Gasteiger partial charge in [0.25, 0.3) is 5.91 Å². The largest absolute Gasteiger partial charge is 0.452 e. The molecule has 1 amide bonds. The lowest BCUT2D eigenvalue weighted by molar-refractivity contribution is -0.143. The van der Waals surface area contributed by atoms with Gasteiger partial charge in [-0.05, 0) is 24.1 Å². The highest BCUT2D eigenvalue weighted by Crippen LogP contribution is 2.16. The SMILES string of the molecule is O=C(COC(=O)/C=C/c1ccccc1Cl)NC1CCS(=O)(=O)C1. The Morgan fingerprint density at radius 2 is 2.09 bits per heavy atom. The third kappa shape index (κ3) is 5.69. The Hall–Kier alpha value is -1.86. The minimum Gasteiger partial charge on any atom is -0.452 e. The maximum Gasteiger partial charge on any atom is 0.331 e. The second-order valence-electron chi connectivity index (χ2n) is 5.13. The molecule has 1 atom stereocenters. The lowest BCUT2D eigenvalue weighted by atomic mass is 10.2. The molecule has 1 aliphatic heterocycles. The van der Waals surface area contributed by atoms with E-state index in [4.69, 9.17) is 16.3 Å². The Labute approximate surface area is 139 Å². The number of benzene rings is 1. The van der Waals surface area contributed by atoms with Gasteiger partial charge in [0.1, 0.15) is 0 Å². The van der Waals surface area contributed by atoms with Crippen LogP contribution in [0.25, 0.3) is 6.08 Å². The van der Waals surface area contributed by atoms with E-state index in [2.05, 4.69) is 5.32 Å². The Balaban J connectivity index is 1.76. The predicted octanol–water partition coefficient (Wildman–Crippen LogP) is 1.20. The van der Waals surface area contributed by atoms with Crippen molar-refractivity contribution in [2.45, 2.75) is 12.5 Å². The summed E-state index contributed by atoms with van der Waals surface area (Å²) < 4.78 is 27.4. The van der Waals surface area contributed by atoms with Gasteiger partial charge in [0.05, 0.1) is 11.5 Å². The van der Waals surface area contributed by atoms with Gasteiger partial charge in [-0.1, -0.05) is 29.8 Å². The Morgan fingerprint density at radius 1 is 1.35 bits per heavy atom. The van der Waals surface area contributed by atoms with E-state index >= 15 is 0 Å². The maximum atomic E-state index is 11.6. The van der Waals surface area contributed by atoms with E-state index in [1.54, 1.807) is 24.3 Å². The molecule has 1 aromatic carbocycles. The van der Waals surface area contributed by atoms with Crippen LogP contribution in [-0.2, 0) is 24.2 Å². The first-order valence-electron chi connectivity index (χ1n) is 6.95. The summed E-state index contributed by atoms with van der Waals surface area (Å²) in [4.78, 5) is 23.2. The van der Waals surface area contributed by atoms with Crippen LogP contribution in [0.5, 0.6) is 0 Å². The highest BCUT2D eigenvalue weighted by atomic mass is 35.5. The second kappa shape index (κ2) is 7.61. The first kappa shape index (κ1) is 17.5. The summed E-state index contributed by atoms with van der Waals surface area (Å²) in [6.45, 7) is -0.456. The lowest BCUT2D eigenvalue weighted by Gasteiger charge is -2.10. The van der Waals surface area contributed by atoms with Gasteiger partial charge in [0, 0.05) is 17.1 Å². The summed E-state index contributed by atoms with van der Waals surface area (Å²) in [5.41, 5.74) is 0.659. The summed E-state index contributed by atoms with van der Waals surface area (Å²) in [5.74, 6) is -1.21.